The van der Waals surface area contributed by atoms with E-state index in [4.69, 9.17) is 19.8 Å². The molecule has 0 heterocycles. The van der Waals surface area contributed by atoms with E-state index in [-0.39, 0.29) is 37.1 Å². The molecule has 2 aromatic carbocycles. The minimum Gasteiger partial charge on any atom is -0.481 e. The second-order valence-electron chi connectivity index (χ2n) is 4.04. The Balaban J connectivity index is -0.0000000327. The molecule has 0 aliphatic carbocycles. The van der Waals surface area contributed by atoms with Gasteiger partial charge in [-0.1, -0.05) is 110 Å². The molecule has 0 unspecified atom stereocenters. The van der Waals surface area contributed by atoms with Crippen LogP contribution in [-0.2, 0) is 19.1 Å². The minimum absolute atomic E-state index is 0. The van der Waals surface area contributed by atoms with Crippen molar-refractivity contribution in [3.05, 3.63) is 72.8 Å². The summed E-state index contributed by atoms with van der Waals surface area (Å²) < 4.78 is 8.94. The molecule has 0 aromatic heterocycles. The van der Waals surface area contributed by atoms with Gasteiger partial charge in [0.15, 0.2) is 0 Å². The van der Waals surface area contributed by atoms with E-state index in [2.05, 4.69) is 9.47 Å². The monoisotopic (exact) mass is 432 g/mol. The van der Waals surface area contributed by atoms with Gasteiger partial charge in [0, 0.05) is 28.1 Å². The van der Waals surface area contributed by atoms with Crippen LogP contribution in [0, 0.1) is 0 Å². The molecule has 0 amide bonds. The first-order chi connectivity index (χ1) is 11.9. The van der Waals surface area contributed by atoms with E-state index in [1.54, 1.807) is 14.2 Å². The summed E-state index contributed by atoms with van der Waals surface area (Å²) in [5, 5.41) is 14.8. The molecule has 2 aromatic rings. The third-order valence-corrected chi connectivity index (χ3v) is 1.57. The lowest BCUT2D eigenvalue weighted by Crippen LogP contribution is -1.87. The Morgan fingerprint density at radius 2 is 0.633 bits per heavy atom. The molecule has 0 bridgehead atoms. The van der Waals surface area contributed by atoms with Gasteiger partial charge in [-0.15, -0.1) is 0 Å². The van der Waals surface area contributed by atoms with Gasteiger partial charge in [-0.05, 0) is 0 Å². The highest BCUT2D eigenvalue weighted by atomic mass is 16.6. The molecule has 0 spiro atoms. The quantitative estimate of drug-likeness (QED) is 0.498. The van der Waals surface area contributed by atoms with Crippen molar-refractivity contribution in [2.24, 2.45) is 0 Å². The fraction of sp³-hybridized carbons (Fsp3) is 0.417. The molecule has 30 heavy (non-hydrogen) atoms. The molecular weight excluding hydrogens is 384 g/mol. The number of rotatable bonds is 2. The summed E-state index contributed by atoms with van der Waals surface area (Å²) in [6, 6.07) is 24.0. The zero-order valence-electron chi connectivity index (χ0n) is 15.2. The van der Waals surface area contributed by atoms with Crippen LogP contribution < -0.4 is 0 Å². The number of benzene rings is 2. The third kappa shape index (κ3) is 117. The van der Waals surface area contributed by atoms with Crippen LogP contribution in [0.15, 0.2) is 72.8 Å². The summed E-state index contributed by atoms with van der Waals surface area (Å²) in [6.45, 7) is 2.56. The van der Waals surface area contributed by atoms with Crippen molar-refractivity contribution >= 4 is 11.9 Å². The van der Waals surface area contributed by atoms with E-state index in [1.807, 2.05) is 72.8 Å². The first kappa shape index (κ1) is 50.7. The van der Waals surface area contributed by atoms with Gasteiger partial charge in [-0.2, -0.15) is 0 Å². The molecule has 180 valence electrons. The van der Waals surface area contributed by atoms with Crippen molar-refractivity contribution in [3.63, 3.8) is 0 Å². The Labute approximate surface area is 186 Å². The maximum Gasteiger partial charge on any atom is 0.300 e. The van der Waals surface area contributed by atoms with Gasteiger partial charge >= 0.3 is 0 Å². The van der Waals surface area contributed by atoms with Gasteiger partial charge in [0.2, 0.25) is 0 Å². The second kappa shape index (κ2) is 50.3. The van der Waals surface area contributed by atoms with Crippen molar-refractivity contribution in [1.29, 1.82) is 0 Å². The van der Waals surface area contributed by atoms with Crippen LogP contribution in [0.25, 0.3) is 0 Å². The number of methoxy groups -OCH3 is 2. The van der Waals surface area contributed by atoms with Crippen molar-refractivity contribution < 1.29 is 29.3 Å². The molecule has 6 nitrogen and oxygen atoms in total. The van der Waals surface area contributed by atoms with Crippen LogP contribution in [-0.4, -0.2) is 43.2 Å². The predicted octanol–water partition coefficient (Wildman–Crippen LogP) is 6.97. The highest BCUT2D eigenvalue weighted by Crippen LogP contribution is 1.80. The summed E-state index contributed by atoms with van der Waals surface area (Å²) >= 11 is 0. The molecule has 0 radical (unpaired) electrons. The Kier molecular flexibility index (Phi) is 84.9. The lowest BCUT2D eigenvalue weighted by Gasteiger charge is -1.87. The first-order valence-electron chi connectivity index (χ1n) is 7.25. The summed E-state index contributed by atoms with van der Waals surface area (Å²) in [6.07, 6.45) is 0. The molecule has 0 saturated carbocycles. The molecule has 0 atom stereocenters. The number of carboxylic acid groups (broad SMARTS) is 2. The van der Waals surface area contributed by atoms with Crippen LogP contribution in [0.2, 0.25) is 0 Å². The number of carbonyl (C=O) groups is 2. The van der Waals surface area contributed by atoms with Crippen molar-refractivity contribution in [2.45, 2.75) is 51.0 Å². The number of carboxylic acids is 2. The predicted molar refractivity (Wildman–Crippen MR) is 132 cm³/mol. The summed E-state index contributed by atoms with van der Waals surface area (Å²) in [7, 11) is 3.17. The van der Waals surface area contributed by atoms with Crippen molar-refractivity contribution in [2.75, 3.05) is 21.0 Å². The second-order valence-corrected chi connectivity index (χ2v) is 4.04. The maximum absolute atomic E-state index is 9.00. The van der Waals surface area contributed by atoms with E-state index >= 15 is 0 Å². The van der Waals surface area contributed by atoms with E-state index in [1.165, 1.54) is 0 Å². The SMILES string of the molecule is C.C.C.C.C.CC(=O)O.CC(=O)O.COCOC.c1ccccc1.c1ccccc1. The number of hydrogen-bond acceptors (Lipinski definition) is 4. The molecule has 0 aliphatic heterocycles. The lowest BCUT2D eigenvalue weighted by molar-refractivity contribution is -0.135. The molecule has 2 N–H and O–H groups in total. The van der Waals surface area contributed by atoms with E-state index in [0.29, 0.717) is 6.79 Å². The standard InChI is InChI=1S/2C6H6.C3H8O2.2C2H4O2.5CH4/c2*1-2-4-6-5-3-1;1-4-3-5-2;2*1-2(3)4;;;;;/h2*1-6H;3H2,1-2H3;2*1H3,(H,3,4);5*1H4. The van der Waals surface area contributed by atoms with Crippen molar-refractivity contribution in [3.8, 4) is 0 Å². The minimum atomic E-state index is -0.833. The highest BCUT2D eigenvalue weighted by Gasteiger charge is 1.66. The largest absolute Gasteiger partial charge is 0.481 e. The molecular formula is C24H48O6. The van der Waals surface area contributed by atoms with Gasteiger partial charge in [0.25, 0.3) is 11.9 Å². The average molecular weight is 433 g/mol. The Bertz CT molecular complexity index is 369. The average Bonchev–Trinajstić information content (AvgIpc) is 2.59. The lowest BCUT2D eigenvalue weighted by atomic mass is 10.4. The molecule has 0 fully saturated rings. The topological polar surface area (TPSA) is 93.1 Å². The van der Waals surface area contributed by atoms with Gasteiger partial charge in [0.1, 0.15) is 6.79 Å². The number of hydrogen-bond donors (Lipinski definition) is 2. The third-order valence-electron chi connectivity index (χ3n) is 1.57. The highest BCUT2D eigenvalue weighted by molar-refractivity contribution is 5.63. The number of aliphatic carboxylic acids is 2. The maximum atomic E-state index is 9.00. The van der Waals surface area contributed by atoms with Gasteiger partial charge in [-0.3, -0.25) is 9.59 Å². The van der Waals surface area contributed by atoms with Crippen LogP contribution in [0.1, 0.15) is 51.0 Å². The molecule has 0 saturated heterocycles. The van der Waals surface area contributed by atoms with Gasteiger partial charge < -0.3 is 19.7 Å². The Morgan fingerprint density at radius 3 is 0.667 bits per heavy atom. The van der Waals surface area contributed by atoms with Crippen LogP contribution >= 0.6 is 0 Å². The zero-order valence-corrected chi connectivity index (χ0v) is 15.2. The summed E-state index contributed by atoms with van der Waals surface area (Å²) in [5.74, 6) is -1.67. The molecule has 2 rings (SSSR count). The normalized spacial score (nSPS) is 6.27. The first-order valence-corrected chi connectivity index (χ1v) is 7.25. The van der Waals surface area contributed by atoms with E-state index < -0.39 is 11.9 Å². The summed E-state index contributed by atoms with van der Waals surface area (Å²) in [5.41, 5.74) is 0. The number of ether oxygens (including phenoxy) is 2. The van der Waals surface area contributed by atoms with Gasteiger partial charge in [-0.25, -0.2) is 0 Å². The van der Waals surface area contributed by atoms with Gasteiger partial charge in [0.05, 0.1) is 0 Å². The van der Waals surface area contributed by atoms with Crippen LogP contribution in [0.5, 0.6) is 0 Å². The fourth-order valence-electron chi connectivity index (χ4n) is 0.888. The Hall–Kier alpha value is -2.70. The van der Waals surface area contributed by atoms with Crippen LogP contribution in [0.4, 0.5) is 0 Å². The zero-order chi connectivity index (χ0) is 19.8. The van der Waals surface area contributed by atoms with Crippen LogP contribution in [0.3, 0.4) is 0 Å². The van der Waals surface area contributed by atoms with E-state index in [9.17, 15) is 0 Å². The Morgan fingerprint density at radius 1 is 0.533 bits per heavy atom. The molecule has 0 aliphatic rings. The van der Waals surface area contributed by atoms with E-state index in [0.717, 1.165) is 13.8 Å². The molecule has 6 heteroatoms. The summed E-state index contributed by atoms with van der Waals surface area (Å²) in [4.78, 5) is 18.0. The smallest absolute Gasteiger partial charge is 0.300 e. The fourth-order valence-corrected chi connectivity index (χ4v) is 0.888. The van der Waals surface area contributed by atoms with Crippen molar-refractivity contribution in [1.82, 2.24) is 0 Å².